The van der Waals surface area contributed by atoms with Gasteiger partial charge in [0.05, 0.1) is 13.2 Å². The Hall–Kier alpha value is -0.410. The Bertz CT molecular complexity index is 308. The van der Waals surface area contributed by atoms with Crippen LogP contribution in [0.1, 0.15) is 19.8 Å². The highest BCUT2D eigenvalue weighted by Crippen LogP contribution is 2.74. The summed E-state index contributed by atoms with van der Waals surface area (Å²) >= 11 is 0. The van der Waals surface area contributed by atoms with E-state index in [9.17, 15) is 15.0 Å². The van der Waals surface area contributed by atoms with Gasteiger partial charge in [-0.15, -0.1) is 0 Å². The molecular formula is C12H18O3. The molecule has 2 unspecified atom stereocenters. The van der Waals surface area contributed by atoms with Crippen molar-refractivity contribution in [1.29, 1.82) is 0 Å². The molecule has 0 aromatic heterocycles. The van der Waals surface area contributed by atoms with Gasteiger partial charge in [-0.1, -0.05) is 0 Å². The van der Waals surface area contributed by atoms with Crippen LogP contribution in [0.25, 0.3) is 0 Å². The average Bonchev–Trinajstić information content (AvgIpc) is 2.76. The molecular weight excluding hydrogens is 192 g/mol. The van der Waals surface area contributed by atoms with Crippen molar-refractivity contribution in [2.75, 3.05) is 13.2 Å². The van der Waals surface area contributed by atoms with Crippen molar-refractivity contribution >= 4 is 5.78 Å². The van der Waals surface area contributed by atoms with Crippen LogP contribution in [0, 0.1) is 35.0 Å². The smallest absolute Gasteiger partial charge is 0.133 e. The first-order valence-corrected chi connectivity index (χ1v) is 5.87. The number of ketones is 1. The first-order chi connectivity index (χ1) is 7.14. The molecule has 84 valence electrons. The van der Waals surface area contributed by atoms with E-state index in [-0.39, 0.29) is 24.5 Å². The summed E-state index contributed by atoms with van der Waals surface area (Å²) < 4.78 is 0. The highest BCUT2D eigenvalue weighted by Gasteiger charge is 2.72. The number of Topliss-reactive ketones (excluding diaryl/α,β-unsaturated/α-hetero) is 1. The Morgan fingerprint density at radius 3 is 2.53 bits per heavy atom. The van der Waals surface area contributed by atoms with Crippen molar-refractivity contribution in [3.63, 3.8) is 0 Å². The van der Waals surface area contributed by atoms with E-state index >= 15 is 0 Å². The number of carbonyl (C=O) groups is 1. The maximum Gasteiger partial charge on any atom is 0.133 e. The number of hydrogen-bond donors (Lipinski definition) is 2. The lowest BCUT2D eigenvalue weighted by Crippen LogP contribution is -2.36. The van der Waals surface area contributed by atoms with Gasteiger partial charge in [-0.2, -0.15) is 0 Å². The zero-order valence-corrected chi connectivity index (χ0v) is 9.02. The van der Waals surface area contributed by atoms with Crippen LogP contribution in [-0.2, 0) is 4.79 Å². The fourth-order valence-electron chi connectivity index (χ4n) is 4.63. The molecule has 0 radical (unpaired) electrons. The second-order valence-electron chi connectivity index (χ2n) is 5.78. The van der Waals surface area contributed by atoms with E-state index < -0.39 is 0 Å². The van der Waals surface area contributed by atoms with E-state index in [1.165, 1.54) is 0 Å². The van der Waals surface area contributed by atoms with E-state index in [1.54, 1.807) is 6.92 Å². The summed E-state index contributed by atoms with van der Waals surface area (Å²) in [5.41, 5.74) is -0.268. The minimum absolute atomic E-state index is 0.0819. The first-order valence-electron chi connectivity index (χ1n) is 5.87. The second kappa shape index (κ2) is 2.83. The molecule has 2 N–H and O–H groups in total. The zero-order chi connectivity index (χ0) is 10.8. The fourth-order valence-corrected chi connectivity index (χ4v) is 4.63. The zero-order valence-electron chi connectivity index (χ0n) is 9.02. The normalized spacial score (nSPS) is 49.1. The van der Waals surface area contributed by atoms with Crippen LogP contribution in [0.2, 0.25) is 0 Å². The number of carbonyl (C=O) groups excluding carboxylic acids is 1. The van der Waals surface area contributed by atoms with Gasteiger partial charge in [0.2, 0.25) is 0 Å². The molecule has 3 fully saturated rings. The highest BCUT2D eigenvalue weighted by atomic mass is 16.3. The van der Waals surface area contributed by atoms with E-state index in [2.05, 4.69) is 0 Å². The number of aliphatic hydroxyl groups excluding tert-OH is 2. The summed E-state index contributed by atoms with van der Waals surface area (Å²) in [6, 6.07) is 0. The van der Waals surface area contributed by atoms with Crippen LogP contribution in [-0.4, -0.2) is 29.2 Å². The minimum atomic E-state index is -0.268. The molecule has 3 aliphatic carbocycles. The van der Waals surface area contributed by atoms with E-state index in [0.717, 1.165) is 12.8 Å². The summed E-state index contributed by atoms with van der Waals surface area (Å²) in [5, 5.41) is 18.9. The summed E-state index contributed by atoms with van der Waals surface area (Å²) in [6.07, 6.45) is 2.05. The monoisotopic (exact) mass is 210 g/mol. The van der Waals surface area contributed by atoms with Crippen molar-refractivity contribution < 1.29 is 15.0 Å². The molecule has 3 rings (SSSR count). The quantitative estimate of drug-likeness (QED) is 0.711. The average molecular weight is 210 g/mol. The lowest BCUT2D eigenvalue weighted by molar-refractivity contribution is -0.119. The van der Waals surface area contributed by atoms with Crippen LogP contribution in [0.15, 0.2) is 0 Å². The molecule has 0 aromatic carbocycles. The van der Waals surface area contributed by atoms with Crippen molar-refractivity contribution in [3.8, 4) is 0 Å². The number of rotatable bonds is 3. The van der Waals surface area contributed by atoms with E-state index in [0.29, 0.717) is 29.5 Å². The number of hydrogen-bond acceptors (Lipinski definition) is 3. The highest BCUT2D eigenvalue weighted by molar-refractivity contribution is 5.82. The SMILES string of the molecule is CC(=O)[C@H]1C2C1[C@@H]1C[C@H]2CC1(CO)CO. The molecule has 3 saturated carbocycles. The summed E-state index contributed by atoms with van der Waals surface area (Å²) in [7, 11) is 0. The van der Waals surface area contributed by atoms with E-state index in [4.69, 9.17) is 0 Å². The third kappa shape index (κ3) is 1.01. The molecule has 0 saturated heterocycles. The maximum absolute atomic E-state index is 11.4. The van der Waals surface area contributed by atoms with Gasteiger partial charge in [-0.25, -0.2) is 0 Å². The van der Waals surface area contributed by atoms with Gasteiger partial charge in [0, 0.05) is 11.3 Å². The molecule has 0 aromatic rings. The lowest BCUT2D eigenvalue weighted by Gasteiger charge is -2.33. The van der Waals surface area contributed by atoms with Crippen molar-refractivity contribution in [3.05, 3.63) is 0 Å². The summed E-state index contributed by atoms with van der Waals surface area (Å²) in [6.45, 7) is 1.85. The van der Waals surface area contributed by atoms with Gasteiger partial charge in [0.1, 0.15) is 5.78 Å². The second-order valence-corrected chi connectivity index (χ2v) is 5.78. The molecule has 15 heavy (non-hydrogen) atoms. The molecule has 5 atom stereocenters. The Morgan fingerprint density at radius 1 is 1.33 bits per heavy atom. The van der Waals surface area contributed by atoms with Crippen molar-refractivity contribution in [2.45, 2.75) is 19.8 Å². The topological polar surface area (TPSA) is 57.5 Å². The lowest BCUT2D eigenvalue weighted by atomic mass is 9.74. The molecule has 3 nitrogen and oxygen atoms in total. The predicted octanol–water partition coefficient (Wildman–Crippen LogP) is 0.448. The van der Waals surface area contributed by atoms with Gasteiger partial charge >= 0.3 is 0 Å². The maximum atomic E-state index is 11.4. The van der Waals surface area contributed by atoms with Crippen LogP contribution in [0.5, 0.6) is 0 Å². The third-order valence-corrected chi connectivity index (χ3v) is 5.25. The molecule has 3 heteroatoms. The minimum Gasteiger partial charge on any atom is -0.396 e. The molecule has 2 bridgehead atoms. The Morgan fingerprint density at radius 2 is 2.00 bits per heavy atom. The van der Waals surface area contributed by atoms with Crippen molar-refractivity contribution in [1.82, 2.24) is 0 Å². The Labute approximate surface area is 89.5 Å². The van der Waals surface area contributed by atoms with Crippen molar-refractivity contribution in [2.24, 2.45) is 35.0 Å². The summed E-state index contributed by atoms with van der Waals surface area (Å²) in [5.74, 6) is 2.64. The third-order valence-electron chi connectivity index (χ3n) is 5.25. The first kappa shape index (κ1) is 9.79. The van der Waals surface area contributed by atoms with E-state index in [1.807, 2.05) is 0 Å². The Balaban J connectivity index is 1.86. The van der Waals surface area contributed by atoms with Crippen LogP contribution in [0.3, 0.4) is 0 Å². The van der Waals surface area contributed by atoms with Gasteiger partial charge in [0.25, 0.3) is 0 Å². The standard InChI is InChI=1S/C12H18O3/c1-6(15)9-10-7-2-8(11(9)10)12(3-7,4-13)5-14/h7-11,13-14H,2-5H2,1H3/t7-,8-,9-,10?,11?/m0/s1. The van der Waals surface area contributed by atoms with Gasteiger partial charge in [-0.05, 0) is 43.4 Å². The molecule has 0 amide bonds. The summed E-state index contributed by atoms with van der Waals surface area (Å²) in [4.78, 5) is 11.4. The van der Waals surface area contributed by atoms with Gasteiger partial charge < -0.3 is 10.2 Å². The molecule has 3 aliphatic rings. The Kier molecular flexibility index (Phi) is 1.85. The number of fused-ring (bicyclic) bond motifs is 5. The molecule has 0 aliphatic heterocycles. The fraction of sp³-hybridized carbons (Fsp3) is 0.917. The molecule has 0 heterocycles. The van der Waals surface area contributed by atoms with Crippen LogP contribution >= 0.6 is 0 Å². The molecule has 0 spiro atoms. The van der Waals surface area contributed by atoms with Crippen LogP contribution in [0.4, 0.5) is 0 Å². The van der Waals surface area contributed by atoms with Gasteiger partial charge in [0.15, 0.2) is 0 Å². The van der Waals surface area contributed by atoms with Crippen LogP contribution < -0.4 is 0 Å². The number of aliphatic hydroxyl groups is 2. The predicted molar refractivity (Wildman–Crippen MR) is 54.0 cm³/mol. The largest absolute Gasteiger partial charge is 0.396 e. The van der Waals surface area contributed by atoms with Gasteiger partial charge in [-0.3, -0.25) is 4.79 Å².